The Bertz CT molecular complexity index is 617. The van der Waals surface area contributed by atoms with Crippen LogP contribution in [-0.4, -0.2) is 4.98 Å². The summed E-state index contributed by atoms with van der Waals surface area (Å²) >= 11 is 9.92. The lowest BCUT2D eigenvalue weighted by molar-refractivity contribution is -0.137. The first-order valence-corrected chi connectivity index (χ1v) is 7.26. The highest BCUT2D eigenvalue weighted by atomic mass is 79.9. The molecule has 2 rings (SSSR count). The van der Waals surface area contributed by atoms with Gasteiger partial charge in [-0.3, -0.25) is 5.84 Å². The molecule has 0 aliphatic rings. The summed E-state index contributed by atoms with van der Waals surface area (Å²) < 4.78 is 38.4. The molecule has 1 unspecified atom stereocenters. The summed E-state index contributed by atoms with van der Waals surface area (Å²) in [4.78, 5) is 3.71. The summed E-state index contributed by atoms with van der Waals surface area (Å²) in [6, 6.07) is 4.48. The largest absolute Gasteiger partial charge is 0.443 e. The van der Waals surface area contributed by atoms with E-state index in [1.165, 1.54) is 0 Å². The lowest BCUT2D eigenvalue weighted by Gasteiger charge is -2.16. The van der Waals surface area contributed by atoms with Crippen LogP contribution < -0.4 is 11.3 Å². The normalized spacial score (nSPS) is 13.5. The standard InChI is InChI=1S/C11H8BrClF3N3S/c12-6-3-1-2-5(8(6)13)9(19-17)7-4-18-10(20-7)11(14,15)16/h1-4,9,19H,17H2. The number of nitrogens with two attached hydrogens (primary N) is 1. The number of hydrazine groups is 1. The molecule has 0 aliphatic carbocycles. The Morgan fingerprint density at radius 1 is 1.40 bits per heavy atom. The third kappa shape index (κ3) is 3.15. The minimum atomic E-state index is -4.47. The van der Waals surface area contributed by atoms with Gasteiger partial charge in [0.2, 0.25) is 0 Å². The van der Waals surface area contributed by atoms with Gasteiger partial charge in [-0.2, -0.15) is 13.2 Å². The topological polar surface area (TPSA) is 50.9 Å². The van der Waals surface area contributed by atoms with E-state index in [-0.39, 0.29) is 0 Å². The zero-order valence-corrected chi connectivity index (χ0v) is 12.9. The molecule has 2 aromatic rings. The average molecular weight is 387 g/mol. The van der Waals surface area contributed by atoms with E-state index in [9.17, 15) is 13.2 Å². The van der Waals surface area contributed by atoms with Crippen molar-refractivity contribution in [2.75, 3.05) is 0 Å². The van der Waals surface area contributed by atoms with Crippen molar-refractivity contribution in [2.45, 2.75) is 12.2 Å². The van der Waals surface area contributed by atoms with Crippen molar-refractivity contribution < 1.29 is 13.2 Å². The molecule has 3 N–H and O–H groups in total. The number of alkyl halides is 3. The first-order chi connectivity index (χ1) is 9.34. The molecule has 0 aliphatic heterocycles. The van der Waals surface area contributed by atoms with E-state index in [2.05, 4.69) is 26.3 Å². The number of hydrogen-bond acceptors (Lipinski definition) is 4. The monoisotopic (exact) mass is 385 g/mol. The van der Waals surface area contributed by atoms with Crippen molar-refractivity contribution in [3.05, 3.63) is 49.3 Å². The molecule has 1 atom stereocenters. The van der Waals surface area contributed by atoms with Crippen LogP contribution in [0.4, 0.5) is 13.2 Å². The fourth-order valence-electron chi connectivity index (χ4n) is 1.62. The first-order valence-electron chi connectivity index (χ1n) is 5.27. The van der Waals surface area contributed by atoms with Crippen LogP contribution in [0.25, 0.3) is 0 Å². The third-order valence-electron chi connectivity index (χ3n) is 2.51. The number of thiazole rings is 1. The molecule has 0 bridgehead atoms. The van der Waals surface area contributed by atoms with Gasteiger partial charge in [-0.1, -0.05) is 23.7 Å². The van der Waals surface area contributed by atoms with Crippen molar-refractivity contribution in [1.29, 1.82) is 0 Å². The van der Waals surface area contributed by atoms with E-state index in [1.54, 1.807) is 18.2 Å². The van der Waals surface area contributed by atoms with E-state index in [0.29, 0.717) is 31.3 Å². The van der Waals surface area contributed by atoms with Crippen LogP contribution >= 0.6 is 38.9 Å². The molecule has 0 saturated heterocycles. The van der Waals surface area contributed by atoms with E-state index in [0.717, 1.165) is 6.20 Å². The van der Waals surface area contributed by atoms with Gasteiger partial charge in [-0.25, -0.2) is 10.4 Å². The molecular formula is C11H8BrClF3N3S. The minimum Gasteiger partial charge on any atom is -0.271 e. The van der Waals surface area contributed by atoms with Crippen LogP contribution in [0, 0.1) is 0 Å². The first kappa shape index (κ1) is 15.7. The predicted octanol–water partition coefficient (Wildman–Crippen LogP) is 4.13. The van der Waals surface area contributed by atoms with Gasteiger partial charge < -0.3 is 0 Å². The van der Waals surface area contributed by atoms with E-state index < -0.39 is 17.2 Å². The highest BCUT2D eigenvalue weighted by Gasteiger charge is 2.35. The fourth-order valence-corrected chi connectivity index (χ4v) is 3.10. The van der Waals surface area contributed by atoms with Crippen LogP contribution in [0.2, 0.25) is 5.02 Å². The smallest absolute Gasteiger partial charge is 0.271 e. The lowest BCUT2D eigenvalue weighted by atomic mass is 10.1. The molecule has 1 heterocycles. The molecule has 0 saturated carbocycles. The Labute approximate surface area is 130 Å². The molecule has 1 aromatic heterocycles. The minimum absolute atomic E-state index is 0.333. The molecule has 0 amide bonds. The van der Waals surface area contributed by atoms with Crippen LogP contribution in [-0.2, 0) is 6.18 Å². The van der Waals surface area contributed by atoms with Gasteiger partial charge in [0.25, 0.3) is 0 Å². The number of aromatic nitrogens is 1. The number of benzene rings is 1. The zero-order chi connectivity index (χ0) is 14.9. The molecule has 0 spiro atoms. The van der Waals surface area contributed by atoms with E-state index >= 15 is 0 Å². The Kier molecular flexibility index (Phi) is 4.70. The highest BCUT2D eigenvalue weighted by molar-refractivity contribution is 9.10. The van der Waals surface area contributed by atoms with Crippen LogP contribution in [0.3, 0.4) is 0 Å². The van der Waals surface area contributed by atoms with Gasteiger partial charge in [0.05, 0.1) is 11.1 Å². The maximum atomic E-state index is 12.6. The third-order valence-corrected chi connectivity index (χ3v) is 4.93. The van der Waals surface area contributed by atoms with Crippen molar-refractivity contribution in [2.24, 2.45) is 5.84 Å². The summed E-state index contributed by atoms with van der Waals surface area (Å²) in [5, 5.41) is -0.531. The summed E-state index contributed by atoms with van der Waals surface area (Å²) in [6.45, 7) is 0. The quantitative estimate of drug-likeness (QED) is 0.616. The van der Waals surface area contributed by atoms with Crippen LogP contribution in [0.15, 0.2) is 28.9 Å². The lowest BCUT2D eigenvalue weighted by Crippen LogP contribution is -2.28. The van der Waals surface area contributed by atoms with Crippen molar-refractivity contribution in [3.63, 3.8) is 0 Å². The molecule has 1 aromatic carbocycles. The molecule has 20 heavy (non-hydrogen) atoms. The molecule has 3 nitrogen and oxygen atoms in total. The summed E-state index contributed by atoms with van der Waals surface area (Å²) in [6.07, 6.45) is -3.32. The Morgan fingerprint density at radius 3 is 2.65 bits per heavy atom. The highest BCUT2D eigenvalue weighted by Crippen LogP contribution is 2.38. The second kappa shape index (κ2) is 5.98. The van der Waals surface area contributed by atoms with Crippen LogP contribution in [0.1, 0.15) is 21.5 Å². The van der Waals surface area contributed by atoms with Gasteiger partial charge in [-0.05, 0) is 27.6 Å². The molecular weight excluding hydrogens is 379 g/mol. The van der Waals surface area contributed by atoms with Crippen molar-refractivity contribution in [3.8, 4) is 0 Å². The Hall–Kier alpha value is -0.670. The molecule has 9 heteroatoms. The van der Waals surface area contributed by atoms with Gasteiger partial charge in [0.15, 0.2) is 5.01 Å². The van der Waals surface area contributed by atoms with Gasteiger partial charge in [0.1, 0.15) is 0 Å². The number of hydrogen-bond donors (Lipinski definition) is 2. The van der Waals surface area contributed by atoms with E-state index in [1.807, 2.05) is 0 Å². The number of halogens is 5. The maximum absolute atomic E-state index is 12.6. The van der Waals surface area contributed by atoms with Crippen LogP contribution in [0.5, 0.6) is 0 Å². The summed E-state index contributed by atoms with van der Waals surface area (Å²) in [5.41, 5.74) is 3.04. The fraction of sp³-hybridized carbons (Fsp3) is 0.182. The van der Waals surface area contributed by atoms with E-state index in [4.69, 9.17) is 17.4 Å². The Balaban J connectivity index is 2.43. The zero-order valence-electron chi connectivity index (χ0n) is 9.71. The summed E-state index contributed by atoms with van der Waals surface area (Å²) in [5.74, 6) is 5.45. The number of nitrogens with zero attached hydrogens (tertiary/aromatic N) is 1. The van der Waals surface area contributed by atoms with Crippen molar-refractivity contribution >= 4 is 38.9 Å². The maximum Gasteiger partial charge on any atom is 0.443 e. The van der Waals surface area contributed by atoms with Crippen molar-refractivity contribution in [1.82, 2.24) is 10.4 Å². The second-order valence-corrected chi connectivity index (χ2v) is 6.10. The number of rotatable bonds is 3. The Morgan fingerprint density at radius 2 is 2.10 bits per heavy atom. The predicted molar refractivity (Wildman–Crippen MR) is 75.4 cm³/mol. The van der Waals surface area contributed by atoms with Gasteiger partial charge in [0, 0.05) is 15.5 Å². The molecule has 108 valence electrons. The summed E-state index contributed by atoms with van der Waals surface area (Å²) in [7, 11) is 0. The SMILES string of the molecule is NNC(c1cnc(C(F)(F)F)s1)c1cccc(Br)c1Cl. The molecule has 0 fully saturated rings. The van der Waals surface area contributed by atoms with Gasteiger partial charge >= 0.3 is 6.18 Å². The average Bonchev–Trinajstić information content (AvgIpc) is 2.85. The van der Waals surface area contributed by atoms with Gasteiger partial charge in [-0.15, -0.1) is 11.3 Å². The molecule has 0 radical (unpaired) electrons. The second-order valence-electron chi connectivity index (χ2n) is 3.81. The number of nitrogens with one attached hydrogen (secondary N) is 1.